The number of hydrogen-bond donors (Lipinski definition) is 0. The van der Waals surface area contributed by atoms with E-state index in [0.29, 0.717) is 17.5 Å². The standard InChI is InChI=1S/C41H26N4/c1-3-12-28(13-4-1)39-43-40(29-14-5-2-6-15-29)45-41(44-39)30-21-19-27(20-22-30)35-25-31-16-8-10-18-33(31)38-36(35)34-24-23-26-11-7-9-17-32(26)37(34)42-38/h1-25,35H. The van der Waals surface area contributed by atoms with E-state index < -0.39 is 0 Å². The zero-order valence-electron chi connectivity index (χ0n) is 24.3. The lowest BCUT2D eigenvalue weighted by molar-refractivity contribution is 1.07. The maximum Gasteiger partial charge on any atom is 0.164 e. The van der Waals surface area contributed by atoms with Gasteiger partial charge in [0, 0.05) is 38.4 Å². The number of benzene rings is 6. The molecule has 7 aromatic rings. The lowest BCUT2D eigenvalue weighted by atomic mass is 9.83. The molecule has 1 unspecified atom stereocenters. The zero-order chi connectivity index (χ0) is 29.7. The summed E-state index contributed by atoms with van der Waals surface area (Å²) in [7, 11) is 0. The number of hydrogen-bond acceptors (Lipinski definition) is 4. The van der Waals surface area contributed by atoms with Gasteiger partial charge < -0.3 is 0 Å². The minimum Gasteiger partial charge on any atom is -0.247 e. The van der Waals surface area contributed by atoms with Crippen LogP contribution in [0.5, 0.6) is 0 Å². The molecule has 4 heteroatoms. The molecule has 4 nitrogen and oxygen atoms in total. The average Bonchev–Trinajstić information content (AvgIpc) is 3.53. The van der Waals surface area contributed by atoms with E-state index in [-0.39, 0.29) is 5.92 Å². The first-order valence-electron chi connectivity index (χ1n) is 15.2. The summed E-state index contributed by atoms with van der Waals surface area (Å²) >= 11 is 0. The lowest BCUT2D eigenvalue weighted by Gasteiger charge is -2.20. The molecule has 0 N–H and O–H groups in total. The molecule has 2 aliphatic rings. The third kappa shape index (κ3) is 4.30. The van der Waals surface area contributed by atoms with Gasteiger partial charge in [0.25, 0.3) is 0 Å². The molecule has 0 amide bonds. The Kier molecular flexibility index (Phi) is 5.85. The molecule has 0 saturated heterocycles. The second kappa shape index (κ2) is 10.3. The van der Waals surface area contributed by atoms with E-state index in [2.05, 4.69) is 91.0 Å². The Bertz CT molecular complexity index is 2460. The van der Waals surface area contributed by atoms with Gasteiger partial charge in [0.05, 0.1) is 11.1 Å². The Morgan fingerprint density at radius 1 is 0.444 bits per heavy atom. The van der Waals surface area contributed by atoms with Crippen LogP contribution in [0.4, 0.5) is 0 Å². The second-order valence-corrected chi connectivity index (χ2v) is 11.4. The minimum absolute atomic E-state index is 0.0632. The van der Waals surface area contributed by atoms with Gasteiger partial charge in [0.2, 0.25) is 0 Å². The van der Waals surface area contributed by atoms with Gasteiger partial charge in [-0.2, -0.15) is 0 Å². The van der Waals surface area contributed by atoms with Gasteiger partial charge in [0.15, 0.2) is 17.5 Å². The van der Waals surface area contributed by atoms with E-state index >= 15 is 0 Å². The summed E-state index contributed by atoms with van der Waals surface area (Å²) in [4.78, 5) is 20.0. The van der Waals surface area contributed by atoms with Crippen molar-refractivity contribution in [3.05, 3.63) is 172 Å². The molecule has 6 aromatic carbocycles. The summed E-state index contributed by atoms with van der Waals surface area (Å²) in [5.41, 5.74) is 6.41. The van der Waals surface area contributed by atoms with E-state index in [4.69, 9.17) is 19.9 Å². The van der Waals surface area contributed by atoms with Crippen LogP contribution in [-0.2, 0) is 0 Å². The highest BCUT2D eigenvalue weighted by Gasteiger charge is 2.27. The molecule has 0 saturated carbocycles. The maximum absolute atomic E-state index is 5.29. The summed E-state index contributed by atoms with van der Waals surface area (Å²) in [6, 6.07) is 50.4. The second-order valence-electron chi connectivity index (χ2n) is 11.4. The number of rotatable bonds is 4. The van der Waals surface area contributed by atoms with Gasteiger partial charge in [-0.15, -0.1) is 0 Å². The Balaban J connectivity index is 1.20. The Labute approximate surface area is 259 Å². The first kappa shape index (κ1) is 25.5. The Hall–Kier alpha value is -6.00. The van der Waals surface area contributed by atoms with Crippen molar-refractivity contribution in [3.63, 3.8) is 0 Å². The van der Waals surface area contributed by atoms with Crippen molar-refractivity contribution in [1.82, 2.24) is 15.0 Å². The van der Waals surface area contributed by atoms with Crippen molar-refractivity contribution < 1.29 is 0 Å². The van der Waals surface area contributed by atoms with Gasteiger partial charge in [-0.1, -0.05) is 152 Å². The van der Waals surface area contributed by atoms with Crippen molar-refractivity contribution in [2.45, 2.75) is 5.92 Å². The van der Waals surface area contributed by atoms with Crippen LogP contribution in [0, 0.1) is 0 Å². The first-order valence-corrected chi connectivity index (χ1v) is 15.2. The fourth-order valence-electron chi connectivity index (χ4n) is 6.57. The summed E-state index contributed by atoms with van der Waals surface area (Å²) in [6.07, 6.45) is 2.38. The van der Waals surface area contributed by atoms with Crippen LogP contribution in [0.3, 0.4) is 0 Å². The predicted molar refractivity (Wildman–Crippen MR) is 181 cm³/mol. The largest absolute Gasteiger partial charge is 0.247 e. The molecule has 210 valence electrons. The van der Waals surface area contributed by atoms with Crippen LogP contribution in [-0.4, -0.2) is 15.0 Å². The quantitative estimate of drug-likeness (QED) is 0.252. The van der Waals surface area contributed by atoms with Gasteiger partial charge in [-0.3, -0.25) is 0 Å². The first-order chi connectivity index (χ1) is 22.3. The van der Waals surface area contributed by atoms with Crippen LogP contribution >= 0.6 is 0 Å². The summed E-state index contributed by atoms with van der Waals surface area (Å²) in [6.45, 7) is 0. The van der Waals surface area contributed by atoms with E-state index in [1.54, 1.807) is 0 Å². The molecule has 0 radical (unpaired) electrons. The van der Waals surface area contributed by atoms with Gasteiger partial charge in [-0.05, 0) is 21.7 Å². The third-order valence-corrected chi connectivity index (χ3v) is 8.77. The predicted octanol–water partition coefficient (Wildman–Crippen LogP) is 6.20. The van der Waals surface area contributed by atoms with Gasteiger partial charge in [-0.25, -0.2) is 19.9 Å². The highest BCUT2D eigenvalue weighted by molar-refractivity contribution is 5.99. The number of fused-ring (bicyclic) bond motifs is 5. The van der Waals surface area contributed by atoms with E-state index in [1.165, 1.54) is 37.6 Å². The van der Waals surface area contributed by atoms with Crippen molar-refractivity contribution in [1.29, 1.82) is 0 Å². The Morgan fingerprint density at radius 3 is 1.71 bits per heavy atom. The normalized spacial score (nSPS) is 14.7. The van der Waals surface area contributed by atoms with E-state index in [0.717, 1.165) is 27.7 Å². The lowest BCUT2D eigenvalue weighted by Crippen LogP contribution is -2.32. The molecule has 1 aliphatic carbocycles. The van der Waals surface area contributed by atoms with Crippen LogP contribution in [0.1, 0.15) is 11.5 Å². The number of aromatic nitrogens is 3. The van der Waals surface area contributed by atoms with Crippen LogP contribution in [0.2, 0.25) is 0 Å². The fraction of sp³-hybridized carbons (Fsp3) is 0.0244. The molecular weight excluding hydrogens is 548 g/mol. The molecular formula is C41H26N4. The molecule has 1 atom stereocenters. The summed E-state index contributed by atoms with van der Waals surface area (Å²) in [5, 5.41) is 7.07. The van der Waals surface area contributed by atoms with Crippen LogP contribution < -0.4 is 21.0 Å². The van der Waals surface area contributed by atoms with E-state index in [1.807, 2.05) is 60.7 Å². The third-order valence-electron chi connectivity index (χ3n) is 8.77. The minimum atomic E-state index is 0.0632. The average molecular weight is 575 g/mol. The summed E-state index contributed by atoms with van der Waals surface area (Å²) in [5.74, 6) is 2.03. The summed E-state index contributed by atoms with van der Waals surface area (Å²) < 4.78 is 0. The topological polar surface area (TPSA) is 51.0 Å². The van der Waals surface area contributed by atoms with Crippen LogP contribution in [0.25, 0.3) is 62.3 Å². The maximum atomic E-state index is 5.29. The van der Waals surface area contributed by atoms with Crippen molar-refractivity contribution >= 4 is 28.1 Å². The smallest absolute Gasteiger partial charge is 0.164 e. The SMILES string of the molecule is C1=c2ccccc2=C2N=c3c(ccc4ccccc34)=C2C1c1ccc(-c2nc(-c3ccccc3)nc(-c3ccccc3)n2)cc1. The van der Waals surface area contributed by atoms with Gasteiger partial charge >= 0.3 is 0 Å². The molecule has 0 spiro atoms. The zero-order valence-corrected chi connectivity index (χ0v) is 24.3. The molecule has 9 rings (SSSR count). The molecule has 1 aliphatic heterocycles. The fourth-order valence-corrected chi connectivity index (χ4v) is 6.57. The Morgan fingerprint density at radius 2 is 1.02 bits per heavy atom. The van der Waals surface area contributed by atoms with Crippen LogP contribution in [0.15, 0.2) is 151 Å². The highest BCUT2D eigenvalue weighted by Crippen LogP contribution is 2.36. The molecule has 45 heavy (non-hydrogen) atoms. The van der Waals surface area contributed by atoms with Crippen molar-refractivity contribution in [3.8, 4) is 34.2 Å². The van der Waals surface area contributed by atoms with E-state index in [9.17, 15) is 0 Å². The van der Waals surface area contributed by atoms with Crippen molar-refractivity contribution in [2.75, 3.05) is 0 Å². The molecule has 0 fully saturated rings. The molecule has 2 heterocycles. The number of nitrogens with zero attached hydrogens (tertiary/aromatic N) is 4. The van der Waals surface area contributed by atoms with Crippen molar-refractivity contribution in [2.24, 2.45) is 4.99 Å². The highest BCUT2D eigenvalue weighted by atomic mass is 15.0. The van der Waals surface area contributed by atoms with Gasteiger partial charge in [0.1, 0.15) is 0 Å². The monoisotopic (exact) mass is 574 g/mol. The molecule has 1 aromatic heterocycles. The molecule has 0 bridgehead atoms.